The van der Waals surface area contributed by atoms with Gasteiger partial charge in [0.15, 0.2) is 5.84 Å². The number of amidine groups is 1. The first-order chi connectivity index (χ1) is 9.70. The third-order valence-electron chi connectivity index (χ3n) is 3.84. The van der Waals surface area contributed by atoms with Gasteiger partial charge >= 0.3 is 0 Å². The second-order valence-corrected chi connectivity index (χ2v) is 6.54. The summed E-state index contributed by atoms with van der Waals surface area (Å²) in [6, 6.07) is 5.91. The van der Waals surface area contributed by atoms with E-state index in [4.69, 9.17) is 10.9 Å². The molecule has 0 radical (unpaired) electrons. The van der Waals surface area contributed by atoms with Crippen LogP contribution in [0, 0.1) is 12.8 Å². The van der Waals surface area contributed by atoms with E-state index >= 15 is 0 Å². The number of benzene rings is 1. The topological polar surface area (TPSA) is 70.6 Å². The summed E-state index contributed by atoms with van der Waals surface area (Å²) in [5, 5.41) is 15.3. The number of hydrogen-bond donors (Lipinski definition) is 3. The average molecular weight is 293 g/mol. The molecule has 1 heterocycles. The van der Waals surface area contributed by atoms with Crippen LogP contribution in [-0.2, 0) is 6.54 Å². The standard InChI is InChI=1S/C15H23N3OS/c1-11-8-13(15(16)18-19)2-3-14(11)10-17-9-12-4-6-20-7-5-12/h2-3,8,12,17,19H,4-7,9-10H2,1H3,(H2,16,18). The highest BCUT2D eigenvalue weighted by molar-refractivity contribution is 7.99. The Bertz CT molecular complexity index is 470. The van der Waals surface area contributed by atoms with Crippen LogP contribution in [0.4, 0.5) is 0 Å². The highest BCUT2D eigenvalue weighted by Crippen LogP contribution is 2.22. The van der Waals surface area contributed by atoms with Crippen LogP contribution < -0.4 is 11.1 Å². The smallest absolute Gasteiger partial charge is 0.170 e. The summed E-state index contributed by atoms with van der Waals surface area (Å²) in [4.78, 5) is 0. The lowest BCUT2D eigenvalue weighted by Crippen LogP contribution is -2.25. The van der Waals surface area contributed by atoms with Crippen LogP contribution in [-0.4, -0.2) is 29.1 Å². The summed E-state index contributed by atoms with van der Waals surface area (Å²) in [6.07, 6.45) is 2.66. The highest BCUT2D eigenvalue weighted by atomic mass is 32.2. The predicted octanol–water partition coefficient (Wildman–Crippen LogP) is 2.32. The molecule has 0 unspecified atom stereocenters. The fourth-order valence-electron chi connectivity index (χ4n) is 2.47. The van der Waals surface area contributed by atoms with Gasteiger partial charge in [-0.25, -0.2) is 0 Å². The van der Waals surface area contributed by atoms with Gasteiger partial charge in [0.25, 0.3) is 0 Å². The van der Waals surface area contributed by atoms with Crippen molar-refractivity contribution in [3.05, 3.63) is 34.9 Å². The molecule has 110 valence electrons. The molecule has 0 amide bonds. The molecule has 1 aliphatic rings. The van der Waals surface area contributed by atoms with Crippen molar-refractivity contribution in [2.45, 2.75) is 26.3 Å². The fraction of sp³-hybridized carbons (Fsp3) is 0.533. The minimum atomic E-state index is 0.160. The summed E-state index contributed by atoms with van der Waals surface area (Å²) in [5.41, 5.74) is 8.79. The Morgan fingerprint density at radius 3 is 2.85 bits per heavy atom. The van der Waals surface area contributed by atoms with Gasteiger partial charge in [0.2, 0.25) is 0 Å². The SMILES string of the molecule is Cc1cc(/C(N)=N/O)ccc1CNCC1CCSCC1. The van der Waals surface area contributed by atoms with Crippen molar-refractivity contribution in [1.29, 1.82) is 0 Å². The van der Waals surface area contributed by atoms with Gasteiger partial charge in [-0.2, -0.15) is 11.8 Å². The molecule has 1 saturated heterocycles. The zero-order valence-corrected chi connectivity index (χ0v) is 12.7. The van der Waals surface area contributed by atoms with E-state index in [0.29, 0.717) is 0 Å². The van der Waals surface area contributed by atoms with Gasteiger partial charge in [-0.05, 0) is 60.9 Å². The summed E-state index contributed by atoms with van der Waals surface area (Å²) in [5.74, 6) is 3.60. The first-order valence-electron chi connectivity index (χ1n) is 7.06. The first-order valence-corrected chi connectivity index (χ1v) is 8.22. The Labute approximate surface area is 124 Å². The number of nitrogens with two attached hydrogens (primary N) is 1. The predicted molar refractivity (Wildman–Crippen MR) is 85.4 cm³/mol. The third-order valence-corrected chi connectivity index (χ3v) is 4.88. The molecule has 1 aliphatic heterocycles. The maximum Gasteiger partial charge on any atom is 0.170 e. The third kappa shape index (κ3) is 4.15. The molecule has 1 aromatic rings. The molecule has 0 bridgehead atoms. The normalized spacial score (nSPS) is 17.4. The van der Waals surface area contributed by atoms with Crippen LogP contribution in [0.15, 0.2) is 23.4 Å². The Morgan fingerprint density at radius 2 is 2.20 bits per heavy atom. The van der Waals surface area contributed by atoms with Crippen LogP contribution in [0.3, 0.4) is 0 Å². The monoisotopic (exact) mass is 293 g/mol. The molecule has 0 atom stereocenters. The van der Waals surface area contributed by atoms with Crippen molar-refractivity contribution >= 4 is 17.6 Å². The number of nitrogens with one attached hydrogen (secondary N) is 1. The first kappa shape index (κ1) is 15.2. The summed E-state index contributed by atoms with van der Waals surface area (Å²) >= 11 is 2.07. The van der Waals surface area contributed by atoms with Crippen molar-refractivity contribution in [2.75, 3.05) is 18.1 Å². The molecule has 0 aromatic heterocycles. The lowest BCUT2D eigenvalue weighted by molar-refractivity contribution is 0.318. The van der Waals surface area contributed by atoms with Gasteiger partial charge in [-0.3, -0.25) is 0 Å². The van der Waals surface area contributed by atoms with Crippen molar-refractivity contribution in [3.63, 3.8) is 0 Å². The summed E-state index contributed by atoms with van der Waals surface area (Å²) < 4.78 is 0. The van der Waals surface area contributed by atoms with Crippen LogP contribution in [0.5, 0.6) is 0 Å². The summed E-state index contributed by atoms with van der Waals surface area (Å²) in [7, 11) is 0. The molecule has 2 rings (SSSR count). The maximum atomic E-state index is 8.68. The van der Waals surface area contributed by atoms with Gasteiger partial charge in [-0.15, -0.1) is 0 Å². The zero-order valence-electron chi connectivity index (χ0n) is 11.9. The molecule has 4 nitrogen and oxygen atoms in total. The van der Waals surface area contributed by atoms with E-state index in [1.807, 2.05) is 18.2 Å². The Kier molecular flexibility index (Phi) is 5.73. The number of nitrogens with zero attached hydrogens (tertiary/aromatic N) is 1. The molecule has 0 aliphatic carbocycles. The second-order valence-electron chi connectivity index (χ2n) is 5.31. The van der Waals surface area contributed by atoms with Crippen molar-refractivity contribution in [1.82, 2.24) is 5.32 Å². The van der Waals surface area contributed by atoms with E-state index in [1.54, 1.807) is 0 Å². The molecule has 20 heavy (non-hydrogen) atoms. The number of aryl methyl sites for hydroxylation is 1. The zero-order chi connectivity index (χ0) is 14.4. The lowest BCUT2D eigenvalue weighted by Gasteiger charge is -2.21. The van der Waals surface area contributed by atoms with Crippen LogP contribution in [0.25, 0.3) is 0 Å². The minimum absolute atomic E-state index is 0.160. The van der Waals surface area contributed by atoms with E-state index in [2.05, 4.69) is 29.2 Å². The van der Waals surface area contributed by atoms with Gasteiger partial charge < -0.3 is 16.3 Å². The lowest BCUT2D eigenvalue weighted by atomic mass is 10.0. The quantitative estimate of drug-likeness (QED) is 0.337. The van der Waals surface area contributed by atoms with Crippen LogP contribution >= 0.6 is 11.8 Å². The van der Waals surface area contributed by atoms with Crippen LogP contribution in [0.2, 0.25) is 0 Å². The maximum absolute atomic E-state index is 8.68. The van der Waals surface area contributed by atoms with Crippen molar-refractivity contribution < 1.29 is 5.21 Å². The van der Waals surface area contributed by atoms with E-state index in [9.17, 15) is 0 Å². The largest absolute Gasteiger partial charge is 0.409 e. The van der Waals surface area contributed by atoms with Gasteiger partial charge in [0.05, 0.1) is 0 Å². The number of rotatable bonds is 5. The van der Waals surface area contributed by atoms with Crippen molar-refractivity contribution in [2.24, 2.45) is 16.8 Å². The average Bonchev–Trinajstić information content (AvgIpc) is 2.49. The highest BCUT2D eigenvalue weighted by Gasteiger charge is 2.13. The number of oxime groups is 1. The molecule has 1 aromatic carbocycles. The van der Waals surface area contributed by atoms with Gasteiger partial charge in [0.1, 0.15) is 0 Å². The number of hydrogen-bond acceptors (Lipinski definition) is 4. The molecule has 5 heteroatoms. The molecule has 0 spiro atoms. The van der Waals surface area contributed by atoms with E-state index in [1.165, 1.54) is 35.5 Å². The Hall–Kier alpha value is -1.20. The molecule has 4 N–H and O–H groups in total. The Morgan fingerprint density at radius 1 is 1.45 bits per heavy atom. The molecule has 0 saturated carbocycles. The van der Waals surface area contributed by atoms with Gasteiger partial charge in [0, 0.05) is 12.1 Å². The van der Waals surface area contributed by atoms with Gasteiger partial charge in [-0.1, -0.05) is 17.3 Å². The van der Waals surface area contributed by atoms with Crippen LogP contribution in [0.1, 0.15) is 29.5 Å². The fourth-order valence-corrected chi connectivity index (χ4v) is 3.68. The molecular weight excluding hydrogens is 270 g/mol. The number of thioether (sulfide) groups is 1. The van der Waals surface area contributed by atoms with E-state index < -0.39 is 0 Å². The second kappa shape index (κ2) is 7.55. The van der Waals surface area contributed by atoms with Crippen molar-refractivity contribution in [3.8, 4) is 0 Å². The molecular formula is C15H23N3OS. The molecule has 1 fully saturated rings. The van der Waals surface area contributed by atoms with E-state index in [-0.39, 0.29) is 5.84 Å². The Balaban J connectivity index is 1.86. The van der Waals surface area contributed by atoms with E-state index in [0.717, 1.165) is 24.6 Å². The summed E-state index contributed by atoms with van der Waals surface area (Å²) in [6.45, 7) is 4.04. The minimum Gasteiger partial charge on any atom is -0.409 e.